The molecule has 5 nitrogen and oxygen atoms in total. The van der Waals surface area contributed by atoms with Crippen molar-refractivity contribution in [1.82, 2.24) is 4.90 Å². The maximum atomic E-state index is 11.9. The zero-order chi connectivity index (χ0) is 14.8. The van der Waals surface area contributed by atoms with E-state index in [1.54, 1.807) is 17.0 Å². The normalized spacial score (nSPS) is 13.8. The van der Waals surface area contributed by atoms with Crippen LogP contribution in [0.5, 0.6) is 5.75 Å². The molecule has 0 aliphatic carbocycles. The number of benzene rings is 2. The second kappa shape index (κ2) is 5.44. The van der Waals surface area contributed by atoms with Gasteiger partial charge in [0.15, 0.2) is 6.61 Å². The van der Waals surface area contributed by atoms with Crippen LogP contribution in [0.25, 0.3) is 10.8 Å². The Balaban J connectivity index is 1.92. The number of aromatic carboxylic acids is 1. The lowest BCUT2D eigenvalue weighted by Gasteiger charge is -2.30. The molecule has 2 aromatic carbocycles. The van der Waals surface area contributed by atoms with Crippen molar-refractivity contribution in [2.24, 2.45) is 0 Å². The molecule has 108 valence electrons. The maximum absolute atomic E-state index is 11.9. The third kappa shape index (κ3) is 2.54. The van der Waals surface area contributed by atoms with Crippen molar-refractivity contribution >= 4 is 22.6 Å². The Bertz CT molecular complexity index is 706. The van der Waals surface area contributed by atoms with Gasteiger partial charge in [-0.15, -0.1) is 0 Å². The van der Waals surface area contributed by atoms with Crippen LogP contribution < -0.4 is 4.74 Å². The summed E-state index contributed by atoms with van der Waals surface area (Å²) in [4.78, 5) is 24.9. The van der Waals surface area contributed by atoms with Crippen LogP contribution in [0.15, 0.2) is 36.4 Å². The van der Waals surface area contributed by atoms with E-state index in [2.05, 4.69) is 0 Å². The summed E-state index contributed by atoms with van der Waals surface area (Å²) in [5, 5.41) is 10.9. The molecule has 1 aliphatic heterocycles. The van der Waals surface area contributed by atoms with Gasteiger partial charge in [-0.2, -0.15) is 0 Å². The van der Waals surface area contributed by atoms with Crippen LogP contribution in [0.3, 0.4) is 0 Å². The Labute approximate surface area is 121 Å². The zero-order valence-electron chi connectivity index (χ0n) is 11.4. The van der Waals surface area contributed by atoms with E-state index in [1.807, 2.05) is 18.2 Å². The molecule has 1 saturated heterocycles. The summed E-state index contributed by atoms with van der Waals surface area (Å²) in [6.07, 6.45) is 1.01. The van der Waals surface area contributed by atoms with Crippen molar-refractivity contribution in [3.8, 4) is 5.75 Å². The van der Waals surface area contributed by atoms with Gasteiger partial charge in [-0.05, 0) is 17.9 Å². The molecule has 0 spiro atoms. The van der Waals surface area contributed by atoms with Crippen molar-refractivity contribution in [3.63, 3.8) is 0 Å². The van der Waals surface area contributed by atoms with E-state index in [9.17, 15) is 14.7 Å². The fourth-order valence-corrected chi connectivity index (χ4v) is 2.36. The van der Waals surface area contributed by atoms with Gasteiger partial charge in [0.2, 0.25) is 0 Å². The molecule has 1 fully saturated rings. The molecule has 0 unspecified atom stereocenters. The summed E-state index contributed by atoms with van der Waals surface area (Å²) in [6, 6.07) is 10.6. The first-order valence-electron chi connectivity index (χ1n) is 6.82. The molecule has 3 rings (SSSR count). The van der Waals surface area contributed by atoms with Crippen LogP contribution in [0.4, 0.5) is 0 Å². The number of carboxylic acid groups (broad SMARTS) is 1. The number of likely N-dealkylation sites (tertiary alicyclic amines) is 1. The van der Waals surface area contributed by atoms with E-state index >= 15 is 0 Å². The predicted molar refractivity (Wildman–Crippen MR) is 77.6 cm³/mol. The van der Waals surface area contributed by atoms with E-state index in [4.69, 9.17) is 4.74 Å². The third-order valence-electron chi connectivity index (χ3n) is 3.66. The monoisotopic (exact) mass is 285 g/mol. The van der Waals surface area contributed by atoms with Gasteiger partial charge in [0, 0.05) is 18.5 Å². The topological polar surface area (TPSA) is 66.8 Å². The van der Waals surface area contributed by atoms with Crippen molar-refractivity contribution in [1.29, 1.82) is 0 Å². The first-order valence-corrected chi connectivity index (χ1v) is 6.82. The van der Waals surface area contributed by atoms with Crippen LogP contribution >= 0.6 is 0 Å². The summed E-state index contributed by atoms with van der Waals surface area (Å²) in [5.41, 5.74) is 0.0742. The predicted octanol–water partition coefficient (Wildman–Crippen LogP) is 2.15. The van der Waals surface area contributed by atoms with Crippen molar-refractivity contribution < 1.29 is 19.4 Å². The van der Waals surface area contributed by atoms with Crippen LogP contribution in [0, 0.1) is 0 Å². The number of ether oxygens (including phenoxy) is 1. The van der Waals surface area contributed by atoms with Crippen LogP contribution in [-0.4, -0.2) is 41.6 Å². The average Bonchev–Trinajstić information content (AvgIpc) is 2.42. The molecule has 1 heterocycles. The number of carbonyl (C=O) groups is 2. The van der Waals surface area contributed by atoms with Crippen molar-refractivity contribution in [3.05, 3.63) is 42.0 Å². The highest BCUT2D eigenvalue weighted by molar-refractivity contribution is 6.00. The lowest BCUT2D eigenvalue weighted by Crippen LogP contribution is -2.44. The fourth-order valence-electron chi connectivity index (χ4n) is 2.36. The Morgan fingerprint density at radius 3 is 2.57 bits per heavy atom. The van der Waals surface area contributed by atoms with E-state index in [1.165, 1.54) is 6.07 Å². The van der Waals surface area contributed by atoms with Gasteiger partial charge < -0.3 is 14.7 Å². The molecular weight excluding hydrogens is 270 g/mol. The molecule has 2 aromatic rings. The fraction of sp³-hybridized carbons (Fsp3) is 0.250. The van der Waals surface area contributed by atoms with Crippen LogP contribution in [0.2, 0.25) is 0 Å². The molecule has 0 bridgehead atoms. The van der Waals surface area contributed by atoms with Crippen LogP contribution in [-0.2, 0) is 4.79 Å². The SMILES string of the molecule is O=C(O)c1ccc2ccccc2c1OCC(=O)N1CCC1. The lowest BCUT2D eigenvalue weighted by molar-refractivity contribution is -0.136. The Morgan fingerprint density at radius 1 is 1.14 bits per heavy atom. The molecule has 21 heavy (non-hydrogen) atoms. The van der Waals surface area contributed by atoms with E-state index < -0.39 is 5.97 Å². The molecule has 0 saturated carbocycles. The Morgan fingerprint density at radius 2 is 1.90 bits per heavy atom. The van der Waals surface area contributed by atoms with E-state index in [-0.39, 0.29) is 23.8 Å². The molecule has 0 radical (unpaired) electrons. The Kier molecular flexibility index (Phi) is 3.48. The summed E-state index contributed by atoms with van der Waals surface area (Å²) in [5.74, 6) is -0.910. The summed E-state index contributed by atoms with van der Waals surface area (Å²) < 4.78 is 5.56. The number of hydrogen-bond acceptors (Lipinski definition) is 3. The average molecular weight is 285 g/mol. The second-order valence-corrected chi connectivity index (χ2v) is 4.99. The van der Waals surface area contributed by atoms with Gasteiger partial charge in [0.05, 0.1) is 0 Å². The van der Waals surface area contributed by atoms with E-state index in [0.717, 1.165) is 24.9 Å². The highest BCUT2D eigenvalue weighted by Crippen LogP contribution is 2.30. The lowest BCUT2D eigenvalue weighted by atomic mass is 10.1. The zero-order valence-corrected chi connectivity index (χ0v) is 11.4. The third-order valence-corrected chi connectivity index (χ3v) is 3.66. The number of hydrogen-bond donors (Lipinski definition) is 1. The van der Waals surface area contributed by atoms with Gasteiger partial charge in [0.1, 0.15) is 11.3 Å². The first-order chi connectivity index (χ1) is 10.2. The number of fused-ring (bicyclic) bond motifs is 1. The number of carbonyl (C=O) groups excluding carboxylic acids is 1. The first kappa shape index (κ1) is 13.4. The van der Waals surface area contributed by atoms with Gasteiger partial charge in [-0.1, -0.05) is 30.3 Å². The summed E-state index contributed by atoms with van der Waals surface area (Å²) >= 11 is 0. The quantitative estimate of drug-likeness (QED) is 0.934. The van der Waals surface area contributed by atoms with E-state index in [0.29, 0.717) is 5.39 Å². The minimum Gasteiger partial charge on any atom is -0.482 e. The van der Waals surface area contributed by atoms with Gasteiger partial charge in [-0.25, -0.2) is 4.79 Å². The standard InChI is InChI=1S/C16H15NO4/c18-14(17-8-3-9-17)10-21-15-12-5-2-1-4-11(12)6-7-13(15)16(19)20/h1-2,4-7H,3,8-10H2,(H,19,20). The van der Waals surface area contributed by atoms with Crippen LogP contribution in [0.1, 0.15) is 16.8 Å². The molecule has 1 amide bonds. The molecule has 0 aromatic heterocycles. The highest BCUT2D eigenvalue weighted by Gasteiger charge is 2.22. The van der Waals surface area contributed by atoms with Crippen molar-refractivity contribution in [2.45, 2.75) is 6.42 Å². The largest absolute Gasteiger partial charge is 0.482 e. The molecule has 1 N–H and O–H groups in total. The smallest absolute Gasteiger partial charge is 0.339 e. The van der Waals surface area contributed by atoms with Gasteiger partial charge >= 0.3 is 5.97 Å². The minimum atomic E-state index is -1.06. The number of carboxylic acids is 1. The highest BCUT2D eigenvalue weighted by atomic mass is 16.5. The number of nitrogens with zero attached hydrogens (tertiary/aromatic N) is 1. The molecule has 0 atom stereocenters. The summed E-state index contributed by atoms with van der Waals surface area (Å²) in [6.45, 7) is 1.38. The number of rotatable bonds is 4. The molecule has 1 aliphatic rings. The molecular formula is C16H15NO4. The van der Waals surface area contributed by atoms with Gasteiger partial charge in [0.25, 0.3) is 5.91 Å². The minimum absolute atomic E-state index is 0.0742. The number of amides is 1. The van der Waals surface area contributed by atoms with Gasteiger partial charge in [-0.3, -0.25) is 4.79 Å². The summed E-state index contributed by atoms with van der Waals surface area (Å²) in [7, 11) is 0. The Hall–Kier alpha value is -2.56. The molecule has 5 heteroatoms. The van der Waals surface area contributed by atoms with Crippen molar-refractivity contribution in [2.75, 3.05) is 19.7 Å². The second-order valence-electron chi connectivity index (χ2n) is 4.99. The maximum Gasteiger partial charge on any atom is 0.339 e.